The first-order valence-electron chi connectivity index (χ1n) is 7.04. The number of likely N-dealkylation sites (N-methyl/N-ethyl adjacent to an activating group) is 1. The zero-order chi connectivity index (χ0) is 14.1. The SMILES string of the molecule is CN(CCN1CCOC1=O)[C@H]1Cc2ccccc2[C@@H]1O. The monoisotopic (exact) mass is 276 g/mol. The van der Waals surface area contributed by atoms with Crippen molar-refractivity contribution in [2.24, 2.45) is 0 Å². The summed E-state index contributed by atoms with van der Waals surface area (Å²) in [5, 5.41) is 10.4. The Balaban J connectivity index is 1.59. The Morgan fingerprint density at radius 3 is 2.95 bits per heavy atom. The number of aliphatic hydroxyl groups is 1. The average molecular weight is 276 g/mol. The van der Waals surface area contributed by atoms with E-state index in [0.29, 0.717) is 19.7 Å². The molecular formula is C15H20N2O3. The first-order chi connectivity index (χ1) is 9.66. The zero-order valence-electron chi connectivity index (χ0n) is 11.7. The van der Waals surface area contributed by atoms with Crippen molar-refractivity contribution in [3.05, 3.63) is 35.4 Å². The van der Waals surface area contributed by atoms with E-state index in [1.807, 2.05) is 25.2 Å². The van der Waals surface area contributed by atoms with Crippen molar-refractivity contribution in [3.8, 4) is 0 Å². The molecule has 0 radical (unpaired) electrons. The van der Waals surface area contributed by atoms with Crippen LogP contribution in [-0.2, 0) is 11.2 Å². The quantitative estimate of drug-likeness (QED) is 0.892. The lowest BCUT2D eigenvalue weighted by Gasteiger charge is -2.28. The normalized spacial score (nSPS) is 25.1. The van der Waals surface area contributed by atoms with Crippen LogP contribution in [0.5, 0.6) is 0 Å². The van der Waals surface area contributed by atoms with Crippen molar-refractivity contribution in [1.82, 2.24) is 9.80 Å². The second kappa shape index (κ2) is 5.42. The highest BCUT2D eigenvalue weighted by Gasteiger charge is 2.33. The molecule has 5 nitrogen and oxygen atoms in total. The van der Waals surface area contributed by atoms with E-state index in [2.05, 4.69) is 11.0 Å². The number of aliphatic hydroxyl groups excluding tert-OH is 1. The summed E-state index contributed by atoms with van der Waals surface area (Å²) < 4.78 is 4.91. The van der Waals surface area contributed by atoms with Gasteiger partial charge < -0.3 is 14.7 Å². The first-order valence-corrected chi connectivity index (χ1v) is 7.04. The Hall–Kier alpha value is -1.59. The van der Waals surface area contributed by atoms with Crippen LogP contribution in [0.2, 0.25) is 0 Å². The van der Waals surface area contributed by atoms with E-state index in [0.717, 1.165) is 18.5 Å². The number of nitrogens with zero attached hydrogens (tertiary/aromatic N) is 2. The second-order valence-corrected chi connectivity index (χ2v) is 5.50. The van der Waals surface area contributed by atoms with Gasteiger partial charge in [-0.15, -0.1) is 0 Å². The molecule has 1 N–H and O–H groups in total. The molecule has 108 valence electrons. The minimum Gasteiger partial charge on any atom is -0.448 e. The van der Waals surface area contributed by atoms with Crippen molar-refractivity contribution in [1.29, 1.82) is 0 Å². The molecule has 1 heterocycles. The molecule has 5 heteroatoms. The molecule has 2 aliphatic rings. The highest BCUT2D eigenvalue weighted by atomic mass is 16.6. The van der Waals surface area contributed by atoms with Crippen molar-refractivity contribution < 1.29 is 14.6 Å². The molecule has 3 rings (SSSR count). The maximum atomic E-state index is 11.4. The van der Waals surface area contributed by atoms with E-state index in [4.69, 9.17) is 4.74 Å². The van der Waals surface area contributed by atoms with Gasteiger partial charge in [0.1, 0.15) is 6.61 Å². The van der Waals surface area contributed by atoms with Gasteiger partial charge in [-0.25, -0.2) is 4.79 Å². The van der Waals surface area contributed by atoms with E-state index in [9.17, 15) is 9.90 Å². The molecule has 0 bridgehead atoms. The lowest BCUT2D eigenvalue weighted by Crippen LogP contribution is -2.41. The molecule has 1 aliphatic heterocycles. The van der Waals surface area contributed by atoms with Gasteiger partial charge in [0.25, 0.3) is 0 Å². The second-order valence-electron chi connectivity index (χ2n) is 5.50. The van der Waals surface area contributed by atoms with Crippen LogP contribution in [-0.4, -0.2) is 60.3 Å². The van der Waals surface area contributed by atoms with Crippen molar-refractivity contribution in [2.45, 2.75) is 18.6 Å². The number of carbonyl (C=O) groups excluding carboxylic acids is 1. The van der Waals surface area contributed by atoms with Crippen LogP contribution in [0.4, 0.5) is 4.79 Å². The largest absolute Gasteiger partial charge is 0.448 e. The summed E-state index contributed by atoms with van der Waals surface area (Å²) in [6, 6.07) is 8.13. The number of hydrogen-bond acceptors (Lipinski definition) is 4. The lowest BCUT2D eigenvalue weighted by atomic mass is 10.1. The summed E-state index contributed by atoms with van der Waals surface area (Å²) in [6.07, 6.45) is 0.188. The molecule has 0 spiro atoms. The molecule has 2 atom stereocenters. The van der Waals surface area contributed by atoms with E-state index in [1.165, 1.54) is 5.56 Å². The molecule has 1 fully saturated rings. The Morgan fingerprint density at radius 2 is 2.25 bits per heavy atom. The smallest absolute Gasteiger partial charge is 0.409 e. The number of fused-ring (bicyclic) bond motifs is 1. The van der Waals surface area contributed by atoms with Gasteiger partial charge in [-0.1, -0.05) is 24.3 Å². The molecule has 20 heavy (non-hydrogen) atoms. The lowest BCUT2D eigenvalue weighted by molar-refractivity contribution is 0.0720. The third kappa shape index (κ3) is 2.39. The fourth-order valence-electron chi connectivity index (χ4n) is 3.02. The summed E-state index contributed by atoms with van der Waals surface area (Å²) in [6.45, 7) is 2.54. The van der Waals surface area contributed by atoms with Crippen molar-refractivity contribution >= 4 is 6.09 Å². The summed E-state index contributed by atoms with van der Waals surface area (Å²) in [7, 11) is 2.00. The van der Waals surface area contributed by atoms with Gasteiger partial charge in [0, 0.05) is 19.1 Å². The Bertz CT molecular complexity index is 506. The Labute approximate surface area is 118 Å². The molecule has 1 aliphatic carbocycles. The minimum atomic E-state index is -0.443. The topological polar surface area (TPSA) is 53.0 Å². The van der Waals surface area contributed by atoms with Gasteiger partial charge >= 0.3 is 6.09 Å². The number of amides is 1. The average Bonchev–Trinajstić information content (AvgIpc) is 3.01. The van der Waals surface area contributed by atoms with Gasteiger partial charge in [0.05, 0.1) is 12.6 Å². The fourth-order valence-corrected chi connectivity index (χ4v) is 3.02. The molecule has 1 saturated heterocycles. The van der Waals surface area contributed by atoms with Crippen LogP contribution in [0.1, 0.15) is 17.2 Å². The van der Waals surface area contributed by atoms with Crippen LogP contribution >= 0.6 is 0 Å². The standard InChI is InChI=1S/C15H20N2O3/c1-16(6-7-17-8-9-20-15(17)19)13-10-11-4-2-3-5-12(11)14(13)18/h2-5,13-14,18H,6-10H2,1H3/t13-,14-/m0/s1. The van der Waals surface area contributed by atoms with E-state index < -0.39 is 6.10 Å². The third-order valence-corrected chi connectivity index (χ3v) is 4.30. The molecular weight excluding hydrogens is 256 g/mol. The Morgan fingerprint density at radius 1 is 1.45 bits per heavy atom. The van der Waals surface area contributed by atoms with Gasteiger partial charge in [0.2, 0.25) is 0 Å². The van der Waals surface area contributed by atoms with Crippen LogP contribution in [0.15, 0.2) is 24.3 Å². The number of carbonyl (C=O) groups is 1. The van der Waals surface area contributed by atoms with Crippen LogP contribution < -0.4 is 0 Å². The molecule has 1 aromatic rings. The summed E-state index contributed by atoms with van der Waals surface area (Å²) in [5.74, 6) is 0. The van der Waals surface area contributed by atoms with Gasteiger partial charge in [-0.3, -0.25) is 4.90 Å². The predicted molar refractivity (Wildman–Crippen MR) is 74.4 cm³/mol. The van der Waals surface area contributed by atoms with Crippen LogP contribution in [0.25, 0.3) is 0 Å². The molecule has 1 aromatic carbocycles. The predicted octanol–water partition coefficient (Wildman–Crippen LogP) is 1.03. The number of benzene rings is 1. The highest BCUT2D eigenvalue weighted by Crippen LogP contribution is 2.33. The van der Waals surface area contributed by atoms with Crippen molar-refractivity contribution in [3.63, 3.8) is 0 Å². The van der Waals surface area contributed by atoms with E-state index >= 15 is 0 Å². The third-order valence-electron chi connectivity index (χ3n) is 4.30. The van der Waals surface area contributed by atoms with Crippen LogP contribution in [0, 0.1) is 0 Å². The van der Waals surface area contributed by atoms with E-state index in [-0.39, 0.29) is 12.1 Å². The fraction of sp³-hybridized carbons (Fsp3) is 0.533. The van der Waals surface area contributed by atoms with Crippen molar-refractivity contribution in [2.75, 3.05) is 33.3 Å². The number of hydrogen-bond donors (Lipinski definition) is 1. The Kier molecular flexibility index (Phi) is 3.63. The molecule has 1 amide bonds. The number of rotatable bonds is 4. The first kappa shape index (κ1) is 13.4. The zero-order valence-corrected chi connectivity index (χ0v) is 11.7. The molecule has 0 saturated carbocycles. The van der Waals surface area contributed by atoms with E-state index in [1.54, 1.807) is 4.90 Å². The highest BCUT2D eigenvalue weighted by molar-refractivity contribution is 5.69. The minimum absolute atomic E-state index is 0.0889. The molecule has 0 aromatic heterocycles. The van der Waals surface area contributed by atoms with Crippen LogP contribution in [0.3, 0.4) is 0 Å². The summed E-state index contributed by atoms with van der Waals surface area (Å²) >= 11 is 0. The maximum Gasteiger partial charge on any atom is 0.409 e. The number of ether oxygens (including phenoxy) is 1. The van der Waals surface area contributed by atoms with Gasteiger partial charge in [-0.05, 0) is 24.6 Å². The van der Waals surface area contributed by atoms with Gasteiger partial charge in [-0.2, -0.15) is 0 Å². The summed E-state index contributed by atoms with van der Waals surface area (Å²) in [4.78, 5) is 15.2. The number of cyclic esters (lactones) is 1. The summed E-state index contributed by atoms with van der Waals surface area (Å²) in [5.41, 5.74) is 2.25. The maximum absolute atomic E-state index is 11.4. The molecule has 0 unspecified atom stereocenters. The van der Waals surface area contributed by atoms with Gasteiger partial charge in [0.15, 0.2) is 0 Å².